The molecule has 1 aromatic heterocycles. The lowest BCUT2D eigenvalue weighted by atomic mass is 10.2. The summed E-state index contributed by atoms with van der Waals surface area (Å²) < 4.78 is 1.06. The maximum Gasteiger partial charge on any atom is 0.261 e. The zero-order chi connectivity index (χ0) is 18.8. The first kappa shape index (κ1) is 19.1. The molecule has 1 amide bonds. The average molecular weight is 408 g/mol. The van der Waals surface area contributed by atoms with Crippen molar-refractivity contribution in [1.82, 2.24) is 9.88 Å². The molecule has 0 aliphatic heterocycles. The van der Waals surface area contributed by atoms with Gasteiger partial charge in [-0.05, 0) is 56.9 Å². The van der Waals surface area contributed by atoms with Gasteiger partial charge in [-0.2, -0.15) is 0 Å². The van der Waals surface area contributed by atoms with Gasteiger partial charge in [0, 0.05) is 18.1 Å². The molecule has 136 valence electrons. The summed E-state index contributed by atoms with van der Waals surface area (Å²) in [5.41, 5.74) is 2.48. The van der Waals surface area contributed by atoms with Crippen molar-refractivity contribution >= 4 is 55.8 Å². The molecule has 0 radical (unpaired) electrons. The fourth-order valence-electron chi connectivity index (χ4n) is 2.53. The Kier molecular flexibility index (Phi) is 5.82. The Morgan fingerprint density at radius 1 is 1.12 bits per heavy atom. The predicted octanol–water partition coefficient (Wildman–Crippen LogP) is 5.12. The minimum Gasteiger partial charge on any atom is -0.308 e. The van der Waals surface area contributed by atoms with Crippen LogP contribution in [0.4, 0.5) is 5.13 Å². The number of aromatic nitrogens is 1. The van der Waals surface area contributed by atoms with Crippen molar-refractivity contribution in [2.45, 2.75) is 6.92 Å². The van der Waals surface area contributed by atoms with Crippen molar-refractivity contribution in [2.24, 2.45) is 0 Å². The topological polar surface area (TPSA) is 36.4 Å². The lowest BCUT2D eigenvalue weighted by Gasteiger charge is -2.22. The zero-order valence-electron chi connectivity index (χ0n) is 14.8. The highest BCUT2D eigenvalue weighted by Gasteiger charge is 2.23. The van der Waals surface area contributed by atoms with Gasteiger partial charge in [0.05, 0.1) is 20.8 Å². The number of carbonyl (C=O) groups excluding carboxylic acids is 1. The van der Waals surface area contributed by atoms with Gasteiger partial charge < -0.3 is 4.90 Å². The van der Waals surface area contributed by atoms with Crippen LogP contribution in [0.2, 0.25) is 10.0 Å². The van der Waals surface area contributed by atoms with Crippen LogP contribution in [0.25, 0.3) is 10.2 Å². The van der Waals surface area contributed by atoms with E-state index in [1.807, 2.05) is 38.1 Å². The molecule has 0 bridgehead atoms. The van der Waals surface area contributed by atoms with Crippen molar-refractivity contribution in [2.75, 3.05) is 32.1 Å². The number of fused-ring (bicyclic) bond motifs is 1. The molecule has 0 saturated heterocycles. The third-order valence-corrected chi connectivity index (χ3v) is 5.53. The molecule has 0 saturated carbocycles. The van der Waals surface area contributed by atoms with Crippen molar-refractivity contribution in [1.29, 1.82) is 0 Å². The molecule has 0 aliphatic carbocycles. The molecule has 7 heteroatoms. The van der Waals surface area contributed by atoms with Crippen molar-refractivity contribution in [3.63, 3.8) is 0 Å². The molecule has 0 fully saturated rings. The lowest BCUT2D eigenvalue weighted by molar-refractivity contribution is 0.0985. The number of thiazole rings is 1. The van der Waals surface area contributed by atoms with Crippen LogP contribution in [-0.4, -0.2) is 43.0 Å². The monoisotopic (exact) mass is 407 g/mol. The first-order chi connectivity index (χ1) is 12.3. The van der Waals surface area contributed by atoms with Gasteiger partial charge in [0.25, 0.3) is 5.91 Å². The molecule has 0 unspecified atom stereocenters. The maximum absolute atomic E-state index is 13.2. The van der Waals surface area contributed by atoms with Crippen LogP contribution < -0.4 is 4.90 Å². The number of carbonyl (C=O) groups is 1. The largest absolute Gasteiger partial charge is 0.308 e. The molecular weight excluding hydrogens is 389 g/mol. The summed E-state index contributed by atoms with van der Waals surface area (Å²) in [4.78, 5) is 21.6. The van der Waals surface area contributed by atoms with Crippen molar-refractivity contribution < 1.29 is 4.79 Å². The number of rotatable bonds is 5. The summed E-state index contributed by atoms with van der Waals surface area (Å²) in [6.45, 7) is 3.27. The van der Waals surface area contributed by atoms with Crippen LogP contribution in [0.1, 0.15) is 15.9 Å². The van der Waals surface area contributed by atoms with E-state index in [0.717, 1.165) is 10.2 Å². The van der Waals surface area contributed by atoms with E-state index in [9.17, 15) is 4.79 Å². The summed E-state index contributed by atoms with van der Waals surface area (Å²) in [7, 11) is 3.94. The van der Waals surface area contributed by atoms with Gasteiger partial charge >= 0.3 is 0 Å². The fourth-order valence-corrected chi connectivity index (χ4v) is 4.10. The quantitative estimate of drug-likeness (QED) is 0.588. The van der Waals surface area contributed by atoms with E-state index in [4.69, 9.17) is 23.2 Å². The van der Waals surface area contributed by atoms with E-state index < -0.39 is 0 Å². The smallest absolute Gasteiger partial charge is 0.261 e. The molecule has 1 heterocycles. The van der Waals surface area contributed by atoms with E-state index in [0.29, 0.717) is 33.8 Å². The molecule has 3 aromatic rings. The highest BCUT2D eigenvalue weighted by atomic mass is 35.5. The van der Waals surface area contributed by atoms with E-state index in [1.54, 1.807) is 23.1 Å². The van der Waals surface area contributed by atoms with Crippen LogP contribution in [-0.2, 0) is 0 Å². The summed E-state index contributed by atoms with van der Waals surface area (Å²) in [5.74, 6) is -0.177. The first-order valence-electron chi connectivity index (χ1n) is 8.14. The average Bonchev–Trinajstić information content (AvgIpc) is 2.97. The van der Waals surface area contributed by atoms with Gasteiger partial charge in [-0.3, -0.25) is 9.69 Å². The number of hydrogen-bond donors (Lipinski definition) is 0. The fraction of sp³-hybridized carbons (Fsp3) is 0.263. The normalized spacial score (nSPS) is 11.3. The molecule has 0 atom stereocenters. The number of halogens is 2. The minimum absolute atomic E-state index is 0.177. The second-order valence-corrected chi connectivity index (χ2v) is 8.20. The third-order valence-electron chi connectivity index (χ3n) is 3.94. The molecular formula is C19H19Cl2N3OS. The van der Waals surface area contributed by atoms with Crippen LogP contribution in [0, 0.1) is 6.92 Å². The third kappa shape index (κ3) is 4.18. The lowest BCUT2D eigenvalue weighted by Crippen LogP contribution is -2.36. The minimum atomic E-state index is -0.177. The molecule has 4 nitrogen and oxygen atoms in total. The maximum atomic E-state index is 13.2. The summed E-state index contributed by atoms with van der Waals surface area (Å²) in [5, 5.41) is 1.51. The summed E-state index contributed by atoms with van der Waals surface area (Å²) in [6, 6.07) is 11.0. The number of amides is 1. The van der Waals surface area contributed by atoms with Crippen molar-refractivity contribution in [3.05, 3.63) is 57.6 Å². The van der Waals surface area contributed by atoms with Gasteiger partial charge in [0.15, 0.2) is 5.13 Å². The molecule has 0 spiro atoms. The SMILES string of the molecule is Cc1ccc2nc(N(CCN(C)C)C(=O)c3ccc(Cl)cc3Cl)sc2c1. The van der Waals surface area contributed by atoms with Crippen LogP contribution in [0.3, 0.4) is 0 Å². The van der Waals surface area contributed by atoms with Gasteiger partial charge in [0.2, 0.25) is 0 Å². The Bertz CT molecular complexity index is 955. The van der Waals surface area contributed by atoms with Crippen LogP contribution in [0.5, 0.6) is 0 Å². The van der Waals surface area contributed by atoms with Gasteiger partial charge in [-0.1, -0.05) is 40.6 Å². The summed E-state index contributed by atoms with van der Waals surface area (Å²) >= 11 is 13.7. The predicted molar refractivity (Wildman–Crippen MR) is 111 cm³/mol. The van der Waals surface area contributed by atoms with Crippen molar-refractivity contribution in [3.8, 4) is 0 Å². The van der Waals surface area contributed by atoms with E-state index in [1.165, 1.54) is 16.9 Å². The Labute approximate surface area is 167 Å². The van der Waals surface area contributed by atoms with Gasteiger partial charge in [0.1, 0.15) is 0 Å². The van der Waals surface area contributed by atoms with Crippen LogP contribution >= 0.6 is 34.5 Å². The van der Waals surface area contributed by atoms with E-state index in [-0.39, 0.29) is 5.91 Å². The molecule has 0 aliphatic rings. The summed E-state index contributed by atoms with van der Waals surface area (Å²) in [6.07, 6.45) is 0. The zero-order valence-corrected chi connectivity index (χ0v) is 17.1. The second kappa shape index (κ2) is 7.92. The Morgan fingerprint density at radius 3 is 2.58 bits per heavy atom. The highest BCUT2D eigenvalue weighted by Crippen LogP contribution is 2.31. The van der Waals surface area contributed by atoms with Crippen LogP contribution in [0.15, 0.2) is 36.4 Å². The Morgan fingerprint density at radius 2 is 1.88 bits per heavy atom. The first-order valence-corrected chi connectivity index (χ1v) is 9.71. The number of benzene rings is 2. The standard InChI is InChI=1S/C19H19Cl2N3OS/c1-12-4-7-16-17(10-12)26-19(22-16)24(9-8-23(2)3)18(25)14-6-5-13(20)11-15(14)21/h4-7,10-11H,8-9H2,1-3H3. The Hall–Kier alpha value is -1.66. The second-order valence-electron chi connectivity index (χ2n) is 6.35. The van der Waals surface area contributed by atoms with Gasteiger partial charge in [-0.25, -0.2) is 4.98 Å². The number of anilines is 1. The highest BCUT2D eigenvalue weighted by molar-refractivity contribution is 7.22. The number of hydrogen-bond acceptors (Lipinski definition) is 4. The molecule has 2 aromatic carbocycles. The number of aryl methyl sites for hydroxylation is 1. The Balaban J connectivity index is 2.01. The number of nitrogens with zero attached hydrogens (tertiary/aromatic N) is 3. The van der Waals surface area contributed by atoms with E-state index >= 15 is 0 Å². The number of likely N-dealkylation sites (N-methyl/N-ethyl adjacent to an activating group) is 1. The van der Waals surface area contributed by atoms with Gasteiger partial charge in [-0.15, -0.1) is 0 Å². The van der Waals surface area contributed by atoms with E-state index in [2.05, 4.69) is 11.1 Å². The molecule has 3 rings (SSSR count). The molecule has 26 heavy (non-hydrogen) atoms. The molecule has 0 N–H and O–H groups in total.